The van der Waals surface area contributed by atoms with E-state index in [2.05, 4.69) is 53.1 Å². The van der Waals surface area contributed by atoms with Crippen LogP contribution < -0.4 is 9.93 Å². The molecule has 6 rings (SSSR count). The molecule has 0 bridgehead atoms. The average Bonchev–Trinajstić information content (AvgIpc) is 2.76. The van der Waals surface area contributed by atoms with Crippen molar-refractivity contribution in [3.05, 3.63) is 94.3 Å². The first-order valence-electron chi connectivity index (χ1n) is 9.35. The molecule has 0 N–H and O–H groups in total. The van der Waals surface area contributed by atoms with Crippen LogP contribution in [0.4, 0.5) is 11.4 Å². The van der Waals surface area contributed by atoms with Gasteiger partial charge in [0.1, 0.15) is 0 Å². The number of hydrogen-bond donors (Lipinski definition) is 0. The highest BCUT2D eigenvalue weighted by molar-refractivity contribution is 7.99. The quantitative estimate of drug-likeness (QED) is 0.170. The largest absolute Gasteiger partial charge is 0.246 e. The third-order valence-electron chi connectivity index (χ3n) is 5.07. The lowest BCUT2D eigenvalue weighted by Gasteiger charge is -2.16. The van der Waals surface area contributed by atoms with Gasteiger partial charge in [-0.25, -0.2) is 4.98 Å². The maximum Gasteiger partial charge on any atom is 0.227 e. The van der Waals surface area contributed by atoms with E-state index < -0.39 is 0 Å². The molecule has 0 fully saturated rings. The van der Waals surface area contributed by atoms with E-state index in [0.717, 1.165) is 42.5 Å². The molecular weight excluding hydrogens is 451 g/mol. The summed E-state index contributed by atoms with van der Waals surface area (Å²) in [4.78, 5) is 8.35. The predicted octanol–water partition coefficient (Wildman–Crippen LogP) is 7.61. The normalized spacial score (nSPS) is 14.6. The second kappa shape index (κ2) is 7.10. The lowest BCUT2D eigenvalue weighted by atomic mass is 10.2. The van der Waals surface area contributed by atoms with Gasteiger partial charge in [-0.3, -0.25) is 0 Å². The summed E-state index contributed by atoms with van der Waals surface area (Å²) in [7, 11) is 0. The van der Waals surface area contributed by atoms with Crippen LogP contribution in [0.5, 0.6) is 0 Å². The molecule has 2 nitrogen and oxygen atoms in total. The molecule has 6 heteroatoms. The molecule has 0 atom stereocenters. The van der Waals surface area contributed by atoms with Crippen LogP contribution in [-0.4, -0.2) is 4.98 Å². The van der Waals surface area contributed by atoms with Crippen LogP contribution in [0, 0.1) is 0 Å². The van der Waals surface area contributed by atoms with Crippen LogP contribution >= 0.6 is 46.3 Å². The fourth-order valence-electron chi connectivity index (χ4n) is 3.73. The molecule has 30 heavy (non-hydrogen) atoms. The van der Waals surface area contributed by atoms with Crippen molar-refractivity contribution in [1.29, 1.82) is 0 Å². The third-order valence-corrected chi connectivity index (χ3v) is 7.78. The fraction of sp³-hybridized carbons (Fsp3) is 0. The number of benzene rings is 4. The molecule has 0 amide bonds. The molecule has 3 aromatic carbocycles. The van der Waals surface area contributed by atoms with E-state index in [4.69, 9.17) is 28.2 Å². The van der Waals surface area contributed by atoms with Crippen LogP contribution in [-0.2, 0) is 0 Å². The Balaban J connectivity index is 1.70. The minimum absolute atomic E-state index is 0.703. The Kier molecular flexibility index (Phi) is 4.36. The summed E-state index contributed by atoms with van der Waals surface area (Å²) < 4.78 is 3.40. The summed E-state index contributed by atoms with van der Waals surface area (Å²) in [6.45, 7) is 0. The summed E-state index contributed by atoms with van der Waals surface area (Å²) in [5.74, 6) is 0. The van der Waals surface area contributed by atoms with Crippen LogP contribution in [0.2, 0.25) is 10.0 Å². The molecule has 1 aliphatic carbocycles. The standard InChI is InChI=1S/C24H13Cl2N2S2/c25-14-5-9-21-18(11-14)27-17-8-7-16(13-24(17)29-21)28-19-3-1-2-4-22(19)30-23-10-6-15(26)12-20(23)28/h1-13H/q+1. The Hall–Kier alpha value is -2.37. The number of para-hydroxylation sites is 1. The number of aromatic nitrogens is 1. The lowest BCUT2D eigenvalue weighted by molar-refractivity contribution is 0.920. The maximum atomic E-state index is 6.38. The topological polar surface area (TPSA) is 15.9 Å². The van der Waals surface area contributed by atoms with Gasteiger partial charge in [-0.15, -0.1) is 11.3 Å². The van der Waals surface area contributed by atoms with E-state index in [9.17, 15) is 0 Å². The van der Waals surface area contributed by atoms with Gasteiger partial charge in [0.05, 0.1) is 30.6 Å². The molecule has 3 aliphatic rings. The highest BCUT2D eigenvalue weighted by atomic mass is 35.5. The second-order valence-corrected chi connectivity index (χ2v) is 10.0. The first kappa shape index (κ1) is 18.4. The van der Waals surface area contributed by atoms with Crippen molar-refractivity contribution in [2.45, 2.75) is 9.79 Å². The van der Waals surface area contributed by atoms with Crippen LogP contribution in [0.1, 0.15) is 0 Å². The van der Waals surface area contributed by atoms with Gasteiger partial charge in [0.2, 0.25) is 16.7 Å². The Morgan fingerprint density at radius 3 is 2.47 bits per heavy atom. The van der Waals surface area contributed by atoms with E-state index in [1.54, 1.807) is 23.1 Å². The molecule has 144 valence electrons. The van der Waals surface area contributed by atoms with E-state index in [1.165, 1.54) is 9.79 Å². The van der Waals surface area contributed by atoms with E-state index in [0.29, 0.717) is 5.02 Å². The van der Waals surface area contributed by atoms with Crippen LogP contribution in [0.3, 0.4) is 0 Å². The average molecular weight is 464 g/mol. The molecule has 0 aromatic heterocycles. The summed E-state index contributed by atoms with van der Waals surface area (Å²) in [5, 5.41) is 2.52. The van der Waals surface area contributed by atoms with Gasteiger partial charge in [-0.2, -0.15) is 4.58 Å². The summed E-state index contributed by atoms with van der Waals surface area (Å²) in [6, 6.07) is 26.8. The summed E-state index contributed by atoms with van der Waals surface area (Å²) in [5.41, 5.74) is 4.13. The van der Waals surface area contributed by atoms with E-state index in [-0.39, 0.29) is 0 Å². The van der Waals surface area contributed by atoms with Crippen molar-refractivity contribution in [3.63, 3.8) is 0 Å². The smallest absolute Gasteiger partial charge is 0.227 e. The van der Waals surface area contributed by atoms with Crippen molar-refractivity contribution in [2.24, 2.45) is 0 Å². The molecular formula is C24H13Cl2N2S2+. The summed E-state index contributed by atoms with van der Waals surface area (Å²) >= 11 is 16.0. The molecule has 3 aromatic rings. The summed E-state index contributed by atoms with van der Waals surface area (Å²) in [6.07, 6.45) is 0. The zero-order valence-corrected chi connectivity index (χ0v) is 18.6. The zero-order valence-electron chi connectivity index (χ0n) is 15.5. The van der Waals surface area contributed by atoms with Crippen LogP contribution in [0.25, 0.3) is 20.8 Å². The Morgan fingerprint density at radius 2 is 1.53 bits per heavy atom. The molecule has 2 aliphatic heterocycles. The number of nitrogens with zero attached hydrogens (tertiary/aromatic N) is 2. The first-order valence-corrected chi connectivity index (χ1v) is 11.7. The van der Waals surface area contributed by atoms with Crippen molar-refractivity contribution in [2.75, 3.05) is 0 Å². The monoisotopic (exact) mass is 463 g/mol. The highest BCUT2D eigenvalue weighted by Gasteiger charge is 2.29. The second-order valence-electron chi connectivity index (χ2n) is 7.00. The highest BCUT2D eigenvalue weighted by Crippen LogP contribution is 2.46. The fourth-order valence-corrected chi connectivity index (χ4v) is 6.09. The number of halogens is 2. The SMILES string of the molecule is Clc1ccc2c(c1)[N+](=c1ccc3nc4cc(Cl)ccc4sc-3c1)c1ccccc1S2. The van der Waals surface area contributed by atoms with E-state index in [1.807, 2.05) is 30.3 Å². The molecule has 0 spiro atoms. The van der Waals surface area contributed by atoms with Gasteiger partial charge in [0.15, 0.2) is 0 Å². The van der Waals surface area contributed by atoms with Gasteiger partial charge in [-0.05, 0) is 42.5 Å². The van der Waals surface area contributed by atoms with Gasteiger partial charge >= 0.3 is 0 Å². The minimum Gasteiger partial charge on any atom is -0.246 e. The van der Waals surface area contributed by atoms with E-state index >= 15 is 0 Å². The molecule has 0 saturated heterocycles. The molecule has 2 heterocycles. The third kappa shape index (κ3) is 3.03. The number of fused-ring (bicyclic) bond motifs is 4. The van der Waals surface area contributed by atoms with Crippen molar-refractivity contribution in [3.8, 4) is 10.6 Å². The molecule has 0 saturated carbocycles. The van der Waals surface area contributed by atoms with Gasteiger partial charge in [-0.1, -0.05) is 47.1 Å². The molecule has 0 radical (unpaired) electrons. The first-order chi connectivity index (χ1) is 14.7. The molecule has 0 unspecified atom stereocenters. The Bertz CT molecular complexity index is 1510. The van der Waals surface area contributed by atoms with Crippen LogP contribution in [0.15, 0.2) is 88.7 Å². The van der Waals surface area contributed by atoms with Gasteiger partial charge in [0, 0.05) is 34.3 Å². The maximum absolute atomic E-state index is 6.38. The van der Waals surface area contributed by atoms with Gasteiger partial charge < -0.3 is 0 Å². The van der Waals surface area contributed by atoms with Crippen molar-refractivity contribution >= 4 is 67.9 Å². The zero-order chi connectivity index (χ0) is 20.2. The predicted molar refractivity (Wildman–Crippen MR) is 128 cm³/mol. The lowest BCUT2D eigenvalue weighted by Crippen LogP contribution is -2.23. The Labute approximate surface area is 191 Å². The van der Waals surface area contributed by atoms with Crippen molar-refractivity contribution < 1.29 is 0 Å². The number of rotatable bonds is 0. The van der Waals surface area contributed by atoms with Crippen molar-refractivity contribution in [1.82, 2.24) is 9.56 Å². The number of hydrogen-bond acceptors (Lipinski definition) is 3. The van der Waals surface area contributed by atoms with Gasteiger partial charge in [0.25, 0.3) is 0 Å². The Morgan fingerprint density at radius 1 is 0.733 bits per heavy atom. The minimum atomic E-state index is 0.703.